The van der Waals surface area contributed by atoms with E-state index in [0.29, 0.717) is 25.9 Å². The van der Waals surface area contributed by atoms with Gasteiger partial charge in [0.25, 0.3) is 0 Å². The molecule has 20 heavy (non-hydrogen) atoms. The van der Waals surface area contributed by atoms with Gasteiger partial charge >= 0.3 is 5.97 Å². The number of nitrogens with zero attached hydrogens (tertiary/aromatic N) is 1. The number of nitrogens with one attached hydrogen (secondary N) is 1. The van der Waals surface area contributed by atoms with Crippen molar-refractivity contribution < 1.29 is 23.1 Å². The lowest BCUT2D eigenvalue weighted by Gasteiger charge is -2.30. The highest BCUT2D eigenvalue weighted by Gasteiger charge is 2.39. The molecule has 0 aromatic carbocycles. The molecule has 0 aromatic heterocycles. The third kappa shape index (κ3) is 3.69. The van der Waals surface area contributed by atoms with E-state index in [1.165, 1.54) is 4.31 Å². The second-order valence-corrected chi connectivity index (χ2v) is 7.58. The van der Waals surface area contributed by atoms with Crippen molar-refractivity contribution in [2.75, 3.05) is 19.3 Å². The monoisotopic (exact) mass is 304 g/mol. The number of sulfonamides is 1. The highest BCUT2D eigenvalue weighted by molar-refractivity contribution is 7.88. The van der Waals surface area contributed by atoms with Crippen LogP contribution in [0.3, 0.4) is 0 Å². The van der Waals surface area contributed by atoms with Gasteiger partial charge < -0.3 is 10.4 Å². The van der Waals surface area contributed by atoms with E-state index in [1.54, 1.807) is 0 Å². The largest absolute Gasteiger partial charge is 0.480 e. The minimum atomic E-state index is -3.21. The average Bonchev–Trinajstić information content (AvgIpc) is 3.18. The molecule has 0 radical (unpaired) electrons. The summed E-state index contributed by atoms with van der Waals surface area (Å²) in [6, 6.07) is -0.796. The van der Waals surface area contributed by atoms with Crippen LogP contribution in [0.1, 0.15) is 25.7 Å². The summed E-state index contributed by atoms with van der Waals surface area (Å²) >= 11 is 0. The van der Waals surface area contributed by atoms with E-state index in [1.807, 2.05) is 0 Å². The van der Waals surface area contributed by atoms with Crippen molar-refractivity contribution in [3.05, 3.63) is 0 Å². The van der Waals surface area contributed by atoms with Crippen molar-refractivity contribution in [2.45, 2.75) is 31.7 Å². The minimum absolute atomic E-state index is 0.0487. The number of amides is 1. The Kier molecular flexibility index (Phi) is 4.33. The second-order valence-electron chi connectivity index (χ2n) is 5.60. The molecule has 1 aliphatic carbocycles. The zero-order valence-corrected chi connectivity index (χ0v) is 12.2. The lowest BCUT2D eigenvalue weighted by atomic mass is 9.96. The average molecular weight is 304 g/mol. The Morgan fingerprint density at radius 3 is 2.15 bits per heavy atom. The van der Waals surface area contributed by atoms with Crippen LogP contribution in [0.15, 0.2) is 0 Å². The van der Waals surface area contributed by atoms with Gasteiger partial charge in [0.1, 0.15) is 6.04 Å². The number of carboxylic acids is 1. The summed E-state index contributed by atoms with van der Waals surface area (Å²) in [5.74, 6) is -1.51. The second kappa shape index (κ2) is 5.69. The number of carbonyl (C=O) groups is 2. The molecule has 1 saturated carbocycles. The van der Waals surface area contributed by atoms with Crippen molar-refractivity contribution in [3.8, 4) is 0 Å². The first-order valence-corrected chi connectivity index (χ1v) is 8.62. The maximum Gasteiger partial charge on any atom is 0.326 e. The Bertz CT molecular complexity index is 492. The van der Waals surface area contributed by atoms with Gasteiger partial charge in [-0.15, -0.1) is 0 Å². The van der Waals surface area contributed by atoms with E-state index in [2.05, 4.69) is 5.32 Å². The van der Waals surface area contributed by atoms with E-state index in [0.717, 1.165) is 19.1 Å². The third-order valence-corrected chi connectivity index (χ3v) is 5.25. The van der Waals surface area contributed by atoms with Gasteiger partial charge in [0.15, 0.2) is 0 Å². The molecule has 1 atom stereocenters. The van der Waals surface area contributed by atoms with Crippen molar-refractivity contribution in [1.29, 1.82) is 0 Å². The first kappa shape index (κ1) is 15.2. The molecule has 0 aromatic rings. The molecule has 1 heterocycles. The van der Waals surface area contributed by atoms with E-state index in [9.17, 15) is 18.0 Å². The molecule has 2 N–H and O–H groups in total. The minimum Gasteiger partial charge on any atom is -0.480 e. The lowest BCUT2D eigenvalue weighted by Crippen LogP contribution is -2.48. The van der Waals surface area contributed by atoms with Crippen LogP contribution in [0.5, 0.6) is 0 Å². The summed E-state index contributed by atoms with van der Waals surface area (Å²) in [5.41, 5.74) is 0. The smallest absolute Gasteiger partial charge is 0.326 e. The zero-order chi connectivity index (χ0) is 14.9. The van der Waals surface area contributed by atoms with E-state index in [4.69, 9.17) is 5.11 Å². The van der Waals surface area contributed by atoms with Crippen LogP contribution in [0, 0.1) is 11.8 Å². The quantitative estimate of drug-likeness (QED) is 0.721. The molecule has 2 aliphatic rings. The normalized spacial score (nSPS) is 23.2. The third-order valence-electron chi connectivity index (χ3n) is 3.95. The zero-order valence-electron chi connectivity index (χ0n) is 11.4. The molecular formula is C12H20N2O5S. The molecule has 1 saturated heterocycles. The number of carbonyl (C=O) groups excluding carboxylic acids is 1. The van der Waals surface area contributed by atoms with Crippen LogP contribution in [0.4, 0.5) is 0 Å². The van der Waals surface area contributed by atoms with Crippen LogP contribution in [0.2, 0.25) is 0 Å². The van der Waals surface area contributed by atoms with Crippen molar-refractivity contribution in [2.24, 2.45) is 11.8 Å². The standard InChI is InChI=1S/C12H20N2O5S/c1-20(18,19)14-6-4-9(5-7-14)11(15)13-10(12(16)17)8-2-3-8/h8-10H,2-7H2,1H3,(H,13,15)(H,16,17). The summed E-state index contributed by atoms with van der Waals surface area (Å²) in [4.78, 5) is 23.1. The molecule has 7 nitrogen and oxygen atoms in total. The topological polar surface area (TPSA) is 104 Å². The molecule has 1 amide bonds. The molecular weight excluding hydrogens is 284 g/mol. The summed E-state index contributed by atoms with van der Waals surface area (Å²) < 4.78 is 24.1. The molecule has 0 spiro atoms. The highest BCUT2D eigenvalue weighted by Crippen LogP contribution is 2.33. The number of piperidine rings is 1. The Morgan fingerprint density at radius 1 is 1.20 bits per heavy atom. The van der Waals surface area contributed by atoms with Gasteiger partial charge in [-0.1, -0.05) is 0 Å². The molecule has 1 aliphatic heterocycles. The molecule has 2 rings (SSSR count). The van der Waals surface area contributed by atoms with Crippen LogP contribution in [-0.4, -0.2) is 55.1 Å². The van der Waals surface area contributed by atoms with Crippen LogP contribution in [0.25, 0.3) is 0 Å². The predicted molar refractivity (Wildman–Crippen MR) is 71.4 cm³/mol. The number of hydrogen-bond acceptors (Lipinski definition) is 4. The molecule has 2 fully saturated rings. The van der Waals surface area contributed by atoms with E-state index < -0.39 is 22.0 Å². The summed E-state index contributed by atoms with van der Waals surface area (Å²) in [6.45, 7) is 0.635. The summed E-state index contributed by atoms with van der Waals surface area (Å²) in [7, 11) is -3.21. The van der Waals surface area contributed by atoms with Gasteiger partial charge in [0, 0.05) is 19.0 Å². The van der Waals surface area contributed by atoms with Gasteiger partial charge in [-0.25, -0.2) is 17.5 Å². The number of rotatable bonds is 5. The fraction of sp³-hybridized carbons (Fsp3) is 0.833. The maximum atomic E-state index is 12.1. The van der Waals surface area contributed by atoms with Gasteiger partial charge in [0.2, 0.25) is 15.9 Å². The van der Waals surface area contributed by atoms with Crippen LogP contribution in [-0.2, 0) is 19.6 Å². The van der Waals surface area contributed by atoms with Crippen LogP contribution < -0.4 is 5.32 Å². The number of aliphatic carboxylic acids is 1. The Labute approximate surface area is 118 Å². The Morgan fingerprint density at radius 2 is 1.75 bits per heavy atom. The Balaban J connectivity index is 1.87. The first-order chi connectivity index (χ1) is 9.29. The van der Waals surface area contributed by atoms with Gasteiger partial charge in [-0.05, 0) is 31.6 Å². The fourth-order valence-corrected chi connectivity index (χ4v) is 3.41. The van der Waals surface area contributed by atoms with Crippen LogP contribution >= 0.6 is 0 Å². The summed E-state index contributed by atoms with van der Waals surface area (Å²) in [6.07, 6.45) is 3.71. The first-order valence-electron chi connectivity index (χ1n) is 6.77. The molecule has 1 unspecified atom stereocenters. The fourth-order valence-electron chi connectivity index (χ4n) is 2.53. The number of carboxylic acid groups (broad SMARTS) is 1. The van der Waals surface area contributed by atoms with Crippen molar-refractivity contribution >= 4 is 21.9 Å². The Hall–Kier alpha value is -1.15. The molecule has 0 bridgehead atoms. The molecule has 8 heteroatoms. The summed E-state index contributed by atoms with van der Waals surface area (Å²) in [5, 5.41) is 11.7. The van der Waals surface area contributed by atoms with Gasteiger partial charge in [-0.2, -0.15) is 0 Å². The highest BCUT2D eigenvalue weighted by atomic mass is 32.2. The SMILES string of the molecule is CS(=O)(=O)N1CCC(C(=O)NC(C(=O)O)C2CC2)CC1. The molecule has 114 valence electrons. The van der Waals surface area contributed by atoms with E-state index in [-0.39, 0.29) is 17.7 Å². The van der Waals surface area contributed by atoms with E-state index >= 15 is 0 Å². The number of hydrogen-bond donors (Lipinski definition) is 2. The maximum absolute atomic E-state index is 12.1. The lowest BCUT2D eigenvalue weighted by molar-refractivity contribution is -0.143. The van der Waals surface area contributed by atoms with Crippen molar-refractivity contribution in [3.63, 3.8) is 0 Å². The van der Waals surface area contributed by atoms with Gasteiger partial charge in [0.05, 0.1) is 6.26 Å². The van der Waals surface area contributed by atoms with Gasteiger partial charge in [-0.3, -0.25) is 4.79 Å². The van der Waals surface area contributed by atoms with Crippen molar-refractivity contribution in [1.82, 2.24) is 9.62 Å². The predicted octanol–water partition coefficient (Wildman–Crippen LogP) is -0.363.